The van der Waals surface area contributed by atoms with Crippen LogP contribution in [0.2, 0.25) is 0 Å². The minimum absolute atomic E-state index is 0.0883. The quantitative estimate of drug-likeness (QED) is 0.907. The van der Waals surface area contributed by atoms with Crippen LogP contribution in [0, 0.1) is 6.92 Å². The summed E-state index contributed by atoms with van der Waals surface area (Å²) in [4.78, 5) is -0.366. The van der Waals surface area contributed by atoms with Crippen molar-refractivity contribution in [3.8, 4) is 0 Å². The molecule has 0 radical (unpaired) electrons. The molecular formula is C13H16F3NO3S. The van der Waals surface area contributed by atoms with Crippen molar-refractivity contribution in [1.29, 1.82) is 0 Å². The van der Waals surface area contributed by atoms with Crippen LogP contribution in [0.1, 0.15) is 24.5 Å². The number of rotatable bonds is 2. The smallest absolute Gasteiger partial charge is 0.389 e. The van der Waals surface area contributed by atoms with Gasteiger partial charge in [-0.2, -0.15) is 17.5 Å². The van der Waals surface area contributed by atoms with Crippen LogP contribution in [0.5, 0.6) is 0 Å². The summed E-state index contributed by atoms with van der Waals surface area (Å²) in [6.07, 6.45) is -4.35. The first-order valence-electron chi connectivity index (χ1n) is 6.34. The van der Waals surface area contributed by atoms with Crippen molar-refractivity contribution in [3.05, 3.63) is 29.3 Å². The Labute approximate surface area is 121 Å². The molecule has 1 heterocycles. The molecule has 0 aromatic heterocycles. The van der Waals surface area contributed by atoms with Gasteiger partial charge in [-0.25, -0.2) is 8.42 Å². The van der Waals surface area contributed by atoms with Crippen molar-refractivity contribution in [2.75, 3.05) is 13.1 Å². The van der Waals surface area contributed by atoms with Crippen LogP contribution >= 0.6 is 0 Å². The third-order valence-corrected chi connectivity index (χ3v) is 5.61. The SMILES string of the molecule is Cc1c(C(F)(F)F)cccc1S(=O)(=O)N1CCC(C)(O)C1. The van der Waals surface area contributed by atoms with Crippen LogP contribution in [0.15, 0.2) is 23.1 Å². The molecule has 118 valence electrons. The van der Waals surface area contributed by atoms with Gasteiger partial charge in [-0.1, -0.05) is 6.07 Å². The molecule has 1 aromatic rings. The summed E-state index contributed by atoms with van der Waals surface area (Å²) in [6.45, 7) is 2.61. The van der Waals surface area contributed by atoms with Crippen LogP contribution < -0.4 is 0 Å². The highest BCUT2D eigenvalue weighted by Gasteiger charge is 2.40. The number of sulfonamides is 1. The third-order valence-electron chi connectivity index (χ3n) is 3.62. The summed E-state index contributed by atoms with van der Waals surface area (Å²) < 4.78 is 64.6. The molecule has 1 N–H and O–H groups in total. The number of alkyl halides is 3. The first-order valence-corrected chi connectivity index (χ1v) is 7.78. The van der Waals surface area contributed by atoms with Crippen molar-refractivity contribution in [1.82, 2.24) is 4.31 Å². The Morgan fingerprint density at radius 3 is 2.43 bits per heavy atom. The summed E-state index contributed by atoms with van der Waals surface area (Å²) >= 11 is 0. The van der Waals surface area contributed by atoms with E-state index in [9.17, 15) is 26.7 Å². The van der Waals surface area contributed by atoms with Gasteiger partial charge in [-0.3, -0.25) is 0 Å². The summed E-state index contributed by atoms with van der Waals surface area (Å²) in [5, 5.41) is 9.84. The van der Waals surface area contributed by atoms with Gasteiger partial charge in [-0.05, 0) is 38.0 Å². The fraction of sp³-hybridized carbons (Fsp3) is 0.538. The maximum absolute atomic E-state index is 12.9. The summed E-state index contributed by atoms with van der Waals surface area (Å²) in [7, 11) is -4.05. The van der Waals surface area contributed by atoms with Gasteiger partial charge in [0.25, 0.3) is 0 Å². The molecule has 4 nitrogen and oxygen atoms in total. The van der Waals surface area contributed by atoms with E-state index in [2.05, 4.69) is 0 Å². The zero-order chi connectivity index (χ0) is 16.1. The lowest BCUT2D eigenvalue weighted by atomic mass is 10.1. The second-order valence-corrected chi connectivity index (χ2v) is 7.42. The number of halogens is 3. The van der Waals surface area contributed by atoms with Crippen LogP contribution in [0.25, 0.3) is 0 Å². The average molecular weight is 323 g/mol. The highest BCUT2D eigenvalue weighted by atomic mass is 32.2. The lowest BCUT2D eigenvalue weighted by Gasteiger charge is -2.21. The topological polar surface area (TPSA) is 57.6 Å². The molecule has 1 aliphatic heterocycles. The van der Waals surface area contributed by atoms with Gasteiger partial charge in [0.1, 0.15) is 0 Å². The fourth-order valence-corrected chi connectivity index (χ4v) is 4.25. The van der Waals surface area contributed by atoms with E-state index >= 15 is 0 Å². The molecule has 1 unspecified atom stereocenters. The Balaban J connectivity index is 2.47. The first-order chi connectivity index (χ1) is 9.45. The monoisotopic (exact) mass is 323 g/mol. The Morgan fingerprint density at radius 2 is 1.95 bits per heavy atom. The molecule has 21 heavy (non-hydrogen) atoms. The van der Waals surface area contributed by atoms with Gasteiger partial charge < -0.3 is 5.11 Å². The average Bonchev–Trinajstić information content (AvgIpc) is 2.69. The number of β-amino-alcohol motifs (C(OH)–C–C–N with tert-alkyl or cyclic N) is 1. The van der Waals surface area contributed by atoms with Crippen LogP contribution in [0.3, 0.4) is 0 Å². The fourth-order valence-electron chi connectivity index (χ4n) is 2.45. The minimum atomic E-state index is -4.61. The van der Waals surface area contributed by atoms with E-state index in [1.807, 2.05) is 0 Å². The highest BCUT2D eigenvalue weighted by Crippen LogP contribution is 2.36. The molecule has 2 rings (SSSR count). The summed E-state index contributed by atoms with van der Waals surface area (Å²) in [6, 6.07) is 3.10. The first kappa shape index (κ1) is 16.3. The molecular weight excluding hydrogens is 307 g/mol. The van der Waals surface area contributed by atoms with Crippen LogP contribution in [0.4, 0.5) is 13.2 Å². The maximum atomic E-state index is 12.9. The molecule has 1 aliphatic rings. The maximum Gasteiger partial charge on any atom is 0.416 e. The normalized spacial score (nSPS) is 24.5. The van der Waals surface area contributed by atoms with Crippen molar-refractivity contribution in [3.63, 3.8) is 0 Å². The minimum Gasteiger partial charge on any atom is -0.389 e. The van der Waals surface area contributed by atoms with Gasteiger partial charge in [0, 0.05) is 13.1 Å². The van der Waals surface area contributed by atoms with E-state index in [4.69, 9.17) is 0 Å². The Bertz CT molecular complexity index is 653. The molecule has 0 aliphatic carbocycles. The molecule has 1 atom stereocenters. The van der Waals surface area contributed by atoms with E-state index in [1.165, 1.54) is 6.92 Å². The number of nitrogens with zero attached hydrogens (tertiary/aromatic N) is 1. The molecule has 8 heteroatoms. The van der Waals surface area contributed by atoms with E-state index in [0.717, 1.165) is 29.4 Å². The van der Waals surface area contributed by atoms with E-state index in [-0.39, 0.29) is 30.0 Å². The van der Waals surface area contributed by atoms with Gasteiger partial charge in [-0.15, -0.1) is 0 Å². The number of hydrogen-bond donors (Lipinski definition) is 1. The zero-order valence-electron chi connectivity index (χ0n) is 11.6. The van der Waals surface area contributed by atoms with Gasteiger partial charge in [0.15, 0.2) is 0 Å². The predicted octanol–water partition coefficient (Wildman–Crippen LogP) is 2.16. The number of aliphatic hydroxyl groups is 1. The third kappa shape index (κ3) is 3.07. The van der Waals surface area contributed by atoms with Crippen LogP contribution in [-0.4, -0.2) is 36.5 Å². The molecule has 0 spiro atoms. The number of hydrogen-bond acceptors (Lipinski definition) is 3. The van der Waals surface area contributed by atoms with Gasteiger partial charge in [0.05, 0.1) is 16.1 Å². The van der Waals surface area contributed by atoms with E-state index in [1.54, 1.807) is 0 Å². The lowest BCUT2D eigenvalue weighted by Crippen LogP contribution is -2.34. The van der Waals surface area contributed by atoms with E-state index < -0.39 is 27.4 Å². The highest BCUT2D eigenvalue weighted by molar-refractivity contribution is 7.89. The van der Waals surface area contributed by atoms with Gasteiger partial charge in [0.2, 0.25) is 10.0 Å². The largest absolute Gasteiger partial charge is 0.416 e. The Kier molecular flexibility index (Phi) is 3.84. The predicted molar refractivity (Wildman–Crippen MR) is 70.2 cm³/mol. The van der Waals surface area contributed by atoms with Crippen molar-refractivity contribution in [2.24, 2.45) is 0 Å². The standard InChI is InChI=1S/C13H16F3NO3S/c1-9-10(13(14,15)16)4-3-5-11(9)21(19,20)17-7-6-12(2,18)8-17/h3-5,18H,6-8H2,1-2H3. The van der Waals surface area contributed by atoms with Crippen molar-refractivity contribution >= 4 is 10.0 Å². The van der Waals surface area contributed by atoms with Crippen LogP contribution in [-0.2, 0) is 16.2 Å². The van der Waals surface area contributed by atoms with Gasteiger partial charge >= 0.3 is 6.18 Å². The molecule has 1 fully saturated rings. The molecule has 0 amide bonds. The molecule has 0 bridgehead atoms. The van der Waals surface area contributed by atoms with Crippen molar-refractivity contribution in [2.45, 2.75) is 36.9 Å². The lowest BCUT2D eigenvalue weighted by molar-refractivity contribution is -0.138. The summed E-state index contributed by atoms with van der Waals surface area (Å²) in [5.74, 6) is 0. The number of benzene rings is 1. The summed E-state index contributed by atoms with van der Waals surface area (Å²) in [5.41, 5.74) is -2.44. The molecule has 1 aromatic carbocycles. The zero-order valence-corrected chi connectivity index (χ0v) is 12.4. The van der Waals surface area contributed by atoms with Crippen molar-refractivity contribution < 1.29 is 26.7 Å². The Morgan fingerprint density at radius 1 is 1.33 bits per heavy atom. The molecule has 1 saturated heterocycles. The van der Waals surface area contributed by atoms with E-state index in [0.29, 0.717) is 0 Å². The molecule has 0 saturated carbocycles. The second kappa shape index (κ2) is 4.96. The Hall–Kier alpha value is -1.12. The second-order valence-electron chi connectivity index (χ2n) is 5.51.